The van der Waals surface area contributed by atoms with E-state index < -0.39 is 0 Å². The van der Waals surface area contributed by atoms with Crippen LogP contribution >= 0.6 is 0 Å². The van der Waals surface area contributed by atoms with Gasteiger partial charge in [0.2, 0.25) is 0 Å². The molecule has 0 bridgehead atoms. The molecular formula is C22H36N4O3. The van der Waals surface area contributed by atoms with Crippen LogP contribution in [0.25, 0.3) is 0 Å². The highest BCUT2D eigenvalue weighted by Crippen LogP contribution is 2.23. The van der Waals surface area contributed by atoms with Gasteiger partial charge in [-0.1, -0.05) is 6.92 Å². The van der Waals surface area contributed by atoms with E-state index in [1.807, 2.05) is 4.90 Å². The number of amides is 1. The number of pyridine rings is 1. The summed E-state index contributed by atoms with van der Waals surface area (Å²) in [6.45, 7) is 9.74. The molecular weight excluding hydrogens is 368 g/mol. The molecule has 162 valence electrons. The van der Waals surface area contributed by atoms with Crippen molar-refractivity contribution in [1.29, 1.82) is 0 Å². The van der Waals surface area contributed by atoms with E-state index in [-0.39, 0.29) is 5.91 Å². The molecule has 0 unspecified atom stereocenters. The molecule has 1 atom stereocenters. The van der Waals surface area contributed by atoms with Crippen LogP contribution in [0, 0.1) is 11.1 Å². The van der Waals surface area contributed by atoms with E-state index in [0.717, 1.165) is 71.7 Å². The van der Waals surface area contributed by atoms with Gasteiger partial charge in [-0.15, -0.1) is 0 Å². The van der Waals surface area contributed by atoms with Gasteiger partial charge < -0.3 is 19.7 Å². The first-order valence-corrected chi connectivity index (χ1v) is 11.0. The van der Waals surface area contributed by atoms with Crippen molar-refractivity contribution in [2.24, 2.45) is 5.92 Å². The molecule has 0 aliphatic carbocycles. The lowest BCUT2D eigenvalue weighted by atomic mass is 9.95. The van der Waals surface area contributed by atoms with E-state index >= 15 is 0 Å². The van der Waals surface area contributed by atoms with Gasteiger partial charge in [0.1, 0.15) is 5.56 Å². The predicted octanol–water partition coefficient (Wildman–Crippen LogP) is 1.60. The Balaban J connectivity index is 1.65. The van der Waals surface area contributed by atoms with Crippen molar-refractivity contribution in [3.05, 3.63) is 35.3 Å². The summed E-state index contributed by atoms with van der Waals surface area (Å²) in [6, 6.07) is 3.83. The van der Waals surface area contributed by atoms with Crippen molar-refractivity contribution in [2.75, 3.05) is 59.5 Å². The van der Waals surface area contributed by atoms with Crippen LogP contribution in [0.2, 0.25) is 0 Å². The number of aromatic nitrogens is 1. The van der Waals surface area contributed by atoms with E-state index in [2.05, 4.69) is 16.7 Å². The number of carbonyl (C=O) groups is 1. The first-order valence-electron chi connectivity index (χ1n) is 11.0. The molecule has 1 aromatic rings. The zero-order valence-electron chi connectivity index (χ0n) is 18.0. The third kappa shape index (κ3) is 6.14. The van der Waals surface area contributed by atoms with E-state index in [4.69, 9.17) is 4.74 Å². The fourth-order valence-electron chi connectivity index (χ4n) is 4.70. The van der Waals surface area contributed by atoms with Crippen molar-refractivity contribution in [3.8, 4) is 0 Å². The average Bonchev–Trinajstić information content (AvgIpc) is 3.19. The molecule has 0 spiro atoms. The maximum absolute atomic E-state index is 13.3. The number of rotatable bonds is 9. The standard InChI is InChI=1S/C22H36N4O3/c1-3-24-10-5-7-21(24)18-25(22(27)20-6-4-11-26(28)17-20)16-19-8-12-23(13-9-19)14-15-29-2/h4,6,11,17,19,21H,3,5,7-10,12-16,18H2,1-2H3/t21-/m0/s1. The Hall–Kier alpha value is -1.70. The first-order chi connectivity index (χ1) is 14.1. The molecule has 3 rings (SSSR count). The van der Waals surface area contributed by atoms with Gasteiger partial charge in [-0.2, -0.15) is 4.73 Å². The number of likely N-dealkylation sites (N-methyl/N-ethyl adjacent to an activating group) is 1. The Kier molecular flexibility index (Phi) is 8.27. The van der Waals surface area contributed by atoms with E-state index in [1.165, 1.54) is 18.8 Å². The lowest BCUT2D eigenvalue weighted by Crippen LogP contribution is -2.47. The molecule has 0 radical (unpaired) electrons. The molecule has 2 aliphatic rings. The number of ether oxygens (including phenoxy) is 1. The molecule has 29 heavy (non-hydrogen) atoms. The summed E-state index contributed by atoms with van der Waals surface area (Å²) in [5, 5.41) is 11.7. The summed E-state index contributed by atoms with van der Waals surface area (Å²) in [5.41, 5.74) is 0.487. The Bertz CT molecular complexity index is 649. The van der Waals surface area contributed by atoms with Gasteiger partial charge in [-0.05, 0) is 63.8 Å². The summed E-state index contributed by atoms with van der Waals surface area (Å²) in [6.07, 6.45) is 7.37. The van der Waals surface area contributed by atoms with Crippen molar-refractivity contribution in [3.63, 3.8) is 0 Å². The number of hydrogen-bond acceptors (Lipinski definition) is 5. The monoisotopic (exact) mass is 404 g/mol. The fraction of sp³-hybridized carbons (Fsp3) is 0.727. The highest BCUT2D eigenvalue weighted by molar-refractivity contribution is 5.93. The van der Waals surface area contributed by atoms with Crippen molar-refractivity contribution in [2.45, 2.75) is 38.6 Å². The summed E-state index contributed by atoms with van der Waals surface area (Å²) in [7, 11) is 1.74. The number of hydrogen-bond donors (Lipinski definition) is 0. The van der Waals surface area contributed by atoms with Gasteiger partial charge in [-0.3, -0.25) is 9.69 Å². The van der Waals surface area contributed by atoms with Gasteiger partial charge in [0.05, 0.1) is 6.61 Å². The van der Waals surface area contributed by atoms with Crippen molar-refractivity contribution < 1.29 is 14.3 Å². The van der Waals surface area contributed by atoms with Gasteiger partial charge in [0, 0.05) is 38.9 Å². The summed E-state index contributed by atoms with van der Waals surface area (Å²) >= 11 is 0. The molecule has 1 aromatic heterocycles. The highest BCUT2D eigenvalue weighted by atomic mass is 16.5. The molecule has 0 aromatic carbocycles. The van der Waals surface area contributed by atoms with Crippen LogP contribution in [0.1, 0.15) is 43.0 Å². The minimum absolute atomic E-state index is 0.0139. The largest absolute Gasteiger partial charge is 0.619 e. The van der Waals surface area contributed by atoms with E-state index in [0.29, 0.717) is 22.3 Å². The SMILES string of the molecule is CCN1CCC[C@H]1CN(CC1CCN(CCOC)CC1)C(=O)c1ccc[n+]([O-])c1. The Morgan fingerprint density at radius 2 is 2.07 bits per heavy atom. The quantitative estimate of drug-likeness (QED) is 0.462. The summed E-state index contributed by atoms with van der Waals surface area (Å²) in [5.74, 6) is 0.497. The van der Waals surface area contributed by atoms with Crippen molar-refractivity contribution >= 4 is 5.91 Å². The smallest absolute Gasteiger partial charge is 0.260 e. The molecule has 0 saturated carbocycles. The van der Waals surface area contributed by atoms with Crippen LogP contribution in [0.15, 0.2) is 24.5 Å². The number of methoxy groups -OCH3 is 1. The maximum atomic E-state index is 13.3. The number of nitrogens with zero attached hydrogens (tertiary/aromatic N) is 4. The Morgan fingerprint density at radius 1 is 1.28 bits per heavy atom. The number of piperidine rings is 1. The average molecular weight is 405 g/mol. The first kappa shape index (κ1) is 22.0. The van der Waals surface area contributed by atoms with Crippen LogP contribution in [0.4, 0.5) is 0 Å². The minimum Gasteiger partial charge on any atom is -0.619 e. The number of carbonyl (C=O) groups excluding carboxylic acids is 1. The molecule has 2 aliphatic heterocycles. The lowest BCUT2D eigenvalue weighted by Gasteiger charge is -2.36. The second kappa shape index (κ2) is 10.9. The maximum Gasteiger partial charge on any atom is 0.260 e. The van der Waals surface area contributed by atoms with Crippen LogP contribution < -0.4 is 4.73 Å². The second-order valence-electron chi connectivity index (χ2n) is 8.37. The minimum atomic E-state index is -0.0139. The topological polar surface area (TPSA) is 63.0 Å². The second-order valence-corrected chi connectivity index (χ2v) is 8.37. The summed E-state index contributed by atoms with van der Waals surface area (Å²) < 4.78 is 5.91. The fourth-order valence-corrected chi connectivity index (χ4v) is 4.70. The zero-order valence-corrected chi connectivity index (χ0v) is 18.0. The molecule has 7 heteroatoms. The lowest BCUT2D eigenvalue weighted by molar-refractivity contribution is -0.605. The van der Waals surface area contributed by atoms with Gasteiger partial charge in [-0.25, -0.2) is 0 Å². The molecule has 1 amide bonds. The van der Waals surface area contributed by atoms with Gasteiger partial charge >= 0.3 is 0 Å². The van der Waals surface area contributed by atoms with Crippen LogP contribution in [0.5, 0.6) is 0 Å². The van der Waals surface area contributed by atoms with Gasteiger partial charge in [0.15, 0.2) is 12.4 Å². The molecule has 7 nitrogen and oxygen atoms in total. The summed E-state index contributed by atoms with van der Waals surface area (Å²) in [4.78, 5) is 20.2. The third-order valence-electron chi connectivity index (χ3n) is 6.44. The molecule has 2 saturated heterocycles. The molecule has 3 heterocycles. The van der Waals surface area contributed by atoms with E-state index in [9.17, 15) is 10.0 Å². The third-order valence-corrected chi connectivity index (χ3v) is 6.44. The molecule has 2 fully saturated rings. The van der Waals surface area contributed by atoms with Crippen LogP contribution in [0.3, 0.4) is 0 Å². The zero-order chi connectivity index (χ0) is 20.6. The number of likely N-dealkylation sites (tertiary alicyclic amines) is 2. The van der Waals surface area contributed by atoms with Crippen molar-refractivity contribution in [1.82, 2.24) is 14.7 Å². The van der Waals surface area contributed by atoms with Crippen LogP contribution in [-0.2, 0) is 4.74 Å². The van der Waals surface area contributed by atoms with Gasteiger partial charge in [0.25, 0.3) is 5.91 Å². The van der Waals surface area contributed by atoms with Crippen LogP contribution in [-0.4, -0.2) is 86.2 Å². The Labute approximate surface area is 174 Å². The Morgan fingerprint density at radius 3 is 2.76 bits per heavy atom. The normalized spacial score (nSPS) is 21.5. The molecule has 0 N–H and O–H groups in total. The highest BCUT2D eigenvalue weighted by Gasteiger charge is 2.30. The van der Waals surface area contributed by atoms with E-state index in [1.54, 1.807) is 19.2 Å². The predicted molar refractivity (Wildman–Crippen MR) is 113 cm³/mol.